The van der Waals surface area contributed by atoms with E-state index in [9.17, 15) is 0 Å². The van der Waals surface area contributed by atoms with Crippen LogP contribution >= 0.6 is 0 Å². The third-order valence-electron chi connectivity index (χ3n) is 3.38. The lowest BCUT2D eigenvalue weighted by Crippen LogP contribution is -2.27. The molecule has 0 aliphatic carbocycles. The number of rotatable bonds is 4. The molecule has 0 fully saturated rings. The summed E-state index contributed by atoms with van der Waals surface area (Å²) < 4.78 is 2.17. The lowest BCUT2D eigenvalue weighted by molar-refractivity contribution is 1.02. The second-order valence-electron chi connectivity index (χ2n) is 5.15. The van der Waals surface area contributed by atoms with Crippen LogP contribution in [0.15, 0.2) is 55.1 Å². The number of benzene rings is 1. The summed E-state index contributed by atoms with van der Waals surface area (Å²) in [5.74, 6) is 0. The molecule has 2 rings (SSSR count). The summed E-state index contributed by atoms with van der Waals surface area (Å²) in [5, 5.41) is 2.04. The smallest absolute Gasteiger partial charge is 0.0535 e. The fourth-order valence-electron chi connectivity index (χ4n) is 2.38. The SMILES string of the molecule is C=Cc1c(C=C)n(-c2ccccc2)/c(=C/C=C(C)C)c1=C. The van der Waals surface area contributed by atoms with Gasteiger partial charge in [-0.2, -0.15) is 0 Å². The van der Waals surface area contributed by atoms with Crippen LogP contribution in [0.5, 0.6) is 0 Å². The Morgan fingerprint density at radius 3 is 2.24 bits per heavy atom. The lowest BCUT2D eigenvalue weighted by Gasteiger charge is -2.07. The number of nitrogens with zero attached hydrogens (tertiary/aromatic N) is 1. The molecule has 1 heterocycles. The van der Waals surface area contributed by atoms with Gasteiger partial charge in [0.2, 0.25) is 0 Å². The minimum atomic E-state index is 0.973. The van der Waals surface area contributed by atoms with E-state index in [1.54, 1.807) is 0 Å². The molecule has 106 valence electrons. The predicted octanol–water partition coefficient (Wildman–Crippen LogP) is 3.92. The van der Waals surface area contributed by atoms with Gasteiger partial charge in [-0.3, -0.25) is 0 Å². The van der Waals surface area contributed by atoms with Crippen molar-refractivity contribution in [3.63, 3.8) is 0 Å². The van der Waals surface area contributed by atoms with Crippen molar-refractivity contribution in [1.82, 2.24) is 4.57 Å². The number of allylic oxidation sites excluding steroid dienone is 2. The van der Waals surface area contributed by atoms with Gasteiger partial charge in [0.25, 0.3) is 0 Å². The van der Waals surface area contributed by atoms with Crippen LogP contribution in [0.2, 0.25) is 0 Å². The average molecular weight is 275 g/mol. The molecule has 0 N–H and O–H groups in total. The van der Waals surface area contributed by atoms with Crippen molar-refractivity contribution in [1.29, 1.82) is 0 Å². The number of hydrogen-bond donors (Lipinski definition) is 0. The van der Waals surface area contributed by atoms with Gasteiger partial charge >= 0.3 is 0 Å². The molecule has 0 amide bonds. The van der Waals surface area contributed by atoms with Gasteiger partial charge in [-0.05, 0) is 38.1 Å². The highest BCUT2D eigenvalue weighted by atomic mass is 15.0. The second kappa shape index (κ2) is 6.27. The van der Waals surface area contributed by atoms with Gasteiger partial charge in [-0.1, -0.05) is 55.7 Å². The molecule has 1 aromatic carbocycles. The van der Waals surface area contributed by atoms with Gasteiger partial charge in [-0.15, -0.1) is 0 Å². The summed E-state index contributed by atoms with van der Waals surface area (Å²) in [6.07, 6.45) is 7.91. The van der Waals surface area contributed by atoms with Crippen LogP contribution in [0, 0.1) is 0 Å². The molecular weight excluding hydrogens is 254 g/mol. The zero-order chi connectivity index (χ0) is 15.4. The van der Waals surface area contributed by atoms with Crippen LogP contribution in [-0.4, -0.2) is 4.57 Å². The van der Waals surface area contributed by atoms with E-state index >= 15 is 0 Å². The normalized spacial score (nSPS) is 11.2. The van der Waals surface area contributed by atoms with Gasteiger partial charge in [-0.25, -0.2) is 0 Å². The highest BCUT2D eigenvalue weighted by Gasteiger charge is 2.10. The Labute approximate surface area is 126 Å². The predicted molar refractivity (Wildman–Crippen MR) is 94.6 cm³/mol. The van der Waals surface area contributed by atoms with Gasteiger partial charge < -0.3 is 4.57 Å². The molecule has 2 aromatic rings. The molecule has 0 spiro atoms. The van der Waals surface area contributed by atoms with Crippen molar-refractivity contribution in [2.45, 2.75) is 13.8 Å². The third kappa shape index (κ3) is 2.82. The number of para-hydroxylation sites is 1. The van der Waals surface area contributed by atoms with Gasteiger partial charge in [0.15, 0.2) is 0 Å². The monoisotopic (exact) mass is 275 g/mol. The topological polar surface area (TPSA) is 4.93 Å². The van der Waals surface area contributed by atoms with E-state index in [0.29, 0.717) is 0 Å². The van der Waals surface area contributed by atoms with E-state index in [-0.39, 0.29) is 0 Å². The lowest BCUT2D eigenvalue weighted by atomic mass is 10.2. The largest absolute Gasteiger partial charge is 0.309 e. The van der Waals surface area contributed by atoms with E-state index in [1.165, 1.54) is 5.57 Å². The maximum Gasteiger partial charge on any atom is 0.0535 e. The molecule has 0 aliphatic rings. The van der Waals surface area contributed by atoms with Crippen molar-refractivity contribution >= 4 is 24.8 Å². The van der Waals surface area contributed by atoms with E-state index in [2.05, 4.69) is 62.4 Å². The molecule has 1 heteroatoms. The number of hydrogen-bond acceptors (Lipinski definition) is 0. The first kappa shape index (κ1) is 14.9. The van der Waals surface area contributed by atoms with E-state index in [1.807, 2.05) is 30.4 Å². The minimum absolute atomic E-state index is 0.973. The Morgan fingerprint density at radius 2 is 1.71 bits per heavy atom. The molecule has 0 radical (unpaired) electrons. The van der Waals surface area contributed by atoms with Crippen molar-refractivity contribution in [2.75, 3.05) is 0 Å². The molecule has 0 unspecified atom stereocenters. The summed E-state index contributed by atoms with van der Waals surface area (Å²) >= 11 is 0. The Balaban J connectivity index is 2.94. The molecule has 1 aromatic heterocycles. The van der Waals surface area contributed by atoms with Crippen molar-refractivity contribution in [3.05, 3.63) is 77.0 Å². The molecule has 0 saturated carbocycles. The number of aromatic nitrogens is 1. The van der Waals surface area contributed by atoms with Crippen molar-refractivity contribution in [3.8, 4) is 5.69 Å². The molecular formula is C20H21N. The van der Waals surface area contributed by atoms with Gasteiger partial charge in [0.1, 0.15) is 0 Å². The fraction of sp³-hybridized carbons (Fsp3) is 0.100. The Hall–Kier alpha value is -2.54. The first-order chi connectivity index (χ1) is 10.1. The van der Waals surface area contributed by atoms with Crippen molar-refractivity contribution < 1.29 is 0 Å². The van der Waals surface area contributed by atoms with Crippen LogP contribution in [-0.2, 0) is 0 Å². The highest BCUT2D eigenvalue weighted by Crippen LogP contribution is 2.13. The molecule has 0 aliphatic heterocycles. The Bertz CT molecular complexity index is 798. The molecule has 0 atom stereocenters. The molecule has 1 nitrogen and oxygen atoms in total. The van der Waals surface area contributed by atoms with Crippen LogP contribution in [0.3, 0.4) is 0 Å². The summed E-state index contributed by atoms with van der Waals surface area (Å²) in [7, 11) is 0. The van der Waals surface area contributed by atoms with Gasteiger partial charge in [0.05, 0.1) is 11.0 Å². The summed E-state index contributed by atoms with van der Waals surface area (Å²) in [4.78, 5) is 0. The van der Waals surface area contributed by atoms with Crippen LogP contribution in [0.25, 0.3) is 30.5 Å². The zero-order valence-electron chi connectivity index (χ0n) is 12.8. The Morgan fingerprint density at radius 1 is 1.05 bits per heavy atom. The summed E-state index contributed by atoms with van der Waals surface area (Å²) in [6.45, 7) is 16.2. The van der Waals surface area contributed by atoms with E-state index in [4.69, 9.17) is 0 Å². The summed E-state index contributed by atoms with van der Waals surface area (Å²) in [5.41, 5.74) is 4.39. The van der Waals surface area contributed by atoms with Gasteiger partial charge in [0, 0.05) is 16.5 Å². The molecule has 0 bridgehead atoms. The van der Waals surface area contributed by atoms with Crippen molar-refractivity contribution in [2.24, 2.45) is 0 Å². The maximum atomic E-state index is 4.22. The fourth-order valence-corrected chi connectivity index (χ4v) is 2.38. The quantitative estimate of drug-likeness (QED) is 0.797. The first-order valence-electron chi connectivity index (χ1n) is 6.99. The minimum Gasteiger partial charge on any atom is -0.309 e. The van der Waals surface area contributed by atoms with Crippen LogP contribution in [0.1, 0.15) is 25.1 Å². The first-order valence-corrected chi connectivity index (χ1v) is 6.99. The van der Waals surface area contributed by atoms with E-state index in [0.717, 1.165) is 27.5 Å². The van der Waals surface area contributed by atoms with E-state index < -0.39 is 0 Å². The molecule has 0 saturated heterocycles. The average Bonchev–Trinajstić information content (AvgIpc) is 2.77. The highest BCUT2D eigenvalue weighted by molar-refractivity contribution is 5.66. The summed E-state index contributed by atoms with van der Waals surface area (Å²) in [6, 6.07) is 10.2. The van der Waals surface area contributed by atoms with Crippen LogP contribution < -0.4 is 10.6 Å². The maximum absolute atomic E-state index is 4.22. The Kier molecular flexibility index (Phi) is 4.44. The zero-order valence-corrected chi connectivity index (χ0v) is 12.8. The molecule has 21 heavy (non-hydrogen) atoms. The van der Waals surface area contributed by atoms with Crippen LogP contribution in [0.4, 0.5) is 0 Å². The standard InChI is InChI=1S/C20H21N/c1-6-18-16(5)20(14-13-15(3)4)21(19(18)7-2)17-11-9-8-10-12-17/h6-14H,1-2,5H2,3-4H3/b20-14+. The third-order valence-corrected chi connectivity index (χ3v) is 3.38. The second-order valence-corrected chi connectivity index (χ2v) is 5.15.